The zero-order valence-corrected chi connectivity index (χ0v) is 21.9. The van der Waals surface area contributed by atoms with E-state index in [0.29, 0.717) is 21.6 Å². The molecule has 5 rings (SSSR count). The van der Waals surface area contributed by atoms with Gasteiger partial charge in [0.1, 0.15) is 18.5 Å². The fraction of sp³-hybridized carbons (Fsp3) is 0.296. The highest BCUT2D eigenvalue weighted by Crippen LogP contribution is 2.45. The van der Waals surface area contributed by atoms with E-state index in [0.717, 1.165) is 30.4 Å². The van der Waals surface area contributed by atoms with Crippen LogP contribution in [0.2, 0.25) is 0 Å². The van der Waals surface area contributed by atoms with Crippen molar-refractivity contribution in [2.45, 2.75) is 49.7 Å². The minimum absolute atomic E-state index is 0.279. The van der Waals surface area contributed by atoms with Gasteiger partial charge >= 0.3 is 12.1 Å². The van der Waals surface area contributed by atoms with E-state index in [-0.39, 0.29) is 5.75 Å². The van der Waals surface area contributed by atoms with E-state index in [2.05, 4.69) is 0 Å². The number of fused-ring (bicyclic) bond motifs is 3. The third kappa shape index (κ3) is 4.56. The average Bonchev–Trinajstić information content (AvgIpc) is 3.03. The van der Waals surface area contributed by atoms with Gasteiger partial charge in [0.2, 0.25) is 11.2 Å². The predicted molar refractivity (Wildman–Crippen MR) is 136 cm³/mol. The van der Waals surface area contributed by atoms with Gasteiger partial charge in [-0.2, -0.15) is 13.2 Å². The first kappa shape index (κ1) is 26.8. The zero-order chi connectivity index (χ0) is 28.2. The fourth-order valence-electron chi connectivity index (χ4n) is 4.97. The molecule has 12 heteroatoms. The second kappa shape index (κ2) is 9.74. The van der Waals surface area contributed by atoms with Gasteiger partial charge in [0, 0.05) is 35.4 Å². The summed E-state index contributed by atoms with van der Waals surface area (Å²) in [6.45, 7) is 3.20. The molecule has 0 radical (unpaired) electrons. The van der Waals surface area contributed by atoms with E-state index in [1.54, 1.807) is 12.1 Å². The number of ether oxygens (including phenoxy) is 1. The lowest BCUT2D eigenvalue weighted by Crippen LogP contribution is -2.60. The first-order valence-corrected chi connectivity index (χ1v) is 13.0. The number of benzene rings is 2. The van der Waals surface area contributed by atoms with Crippen LogP contribution in [0.4, 0.5) is 17.6 Å². The Balaban J connectivity index is 1.83. The maximum absolute atomic E-state index is 15.1. The zero-order valence-electron chi connectivity index (χ0n) is 21.1. The largest absolute Gasteiger partial charge is 0.420 e. The topological polar surface area (TPSA) is 71.8 Å². The van der Waals surface area contributed by atoms with Crippen LogP contribution in [0.1, 0.15) is 52.6 Å². The molecule has 0 spiro atoms. The van der Waals surface area contributed by atoms with Crippen molar-refractivity contribution in [3.05, 3.63) is 92.6 Å². The second-order valence-corrected chi connectivity index (χ2v) is 10.3. The maximum Gasteiger partial charge on any atom is 0.408 e. The van der Waals surface area contributed by atoms with Gasteiger partial charge in [0.25, 0.3) is 5.91 Å². The number of halogens is 4. The lowest BCUT2D eigenvalue weighted by Gasteiger charge is -2.46. The monoisotopic (exact) mass is 561 g/mol. The van der Waals surface area contributed by atoms with E-state index in [9.17, 15) is 27.6 Å². The van der Waals surface area contributed by atoms with E-state index in [1.165, 1.54) is 39.8 Å². The molecule has 2 aliphatic rings. The van der Waals surface area contributed by atoms with Gasteiger partial charge in [-0.25, -0.2) is 4.39 Å². The Morgan fingerprint density at radius 1 is 1.10 bits per heavy atom. The van der Waals surface area contributed by atoms with E-state index in [4.69, 9.17) is 4.74 Å². The number of amides is 1. The van der Waals surface area contributed by atoms with Crippen molar-refractivity contribution in [2.24, 2.45) is 0 Å². The first-order chi connectivity index (χ1) is 18.4. The van der Waals surface area contributed by atoms with Crippen LogP contribution >= 0.6 is 11.8 Å². The Kier molecular flexibility index (Phi) is 6.69. The molecule has 0 N–H and O–H groups in total. The van der Waals surface area contributed by atoms with Crippen molar-refractivity contribution in [1.29, 1.82) is 0 Å². The molecule has 7 nitrogen and oxygen atoms in total. The lowest BCUT2D eigenvalue weighted by molar-refractivity contribution is -0.173. The van der Waals surface area contributed by atoms with Crippen LogP contribution in [-0.2, 0) is 10.5 Å². The van der Waals surface area contributed by atoms with Crippen molar-refractivity contribution in [1.82, 2.24) is 9.58 Å². The number of aromatic nitrogens is 1. The smallest absolute Gasteiger partial charge is 0.408 e. The van der Waals surface area contributed by atoms with Crippen LogP contribution in [0, 0.1) is 12.7 Å². The number of alkyl halides is 3. The van der Waals surface area contributed by atoms with Crippen molar-refractivity contribution in [3.63, 3.8) is 0 Å². The van der Waals surface area contributed by atoms with E-state index >= 15 is 4.39 Å². The Labute approximate surface area is 224 Å². The van der Waals surface area contributed by atoms with Crippen molar-refractivity contribution in [3.8, 4) is 5.75 Å². The maximum atomic E-state index is 15.1. The number of esters is 1. The summed E-state index contributed by atoms with van der Waals surface area (Å²) >= 11 is 1.41. The Morgan fingerprint density at radius 3 is 2.49 bits per heavy atom. The molecule has 3 aromatic rings. The molecule has 0 saturated carbocycles. The van der Waals surface area contributed by atoms with Crippen molar-refractivity contribution < 1.29 is 31.9 Å². The molecule has 2 aromatic carbocycles. The Hall–Kier alpha value is -3.80. The standard InChI is InChI=1S/C27H23F4N3O4S/c1-14-6-4-8-18-22(17-7-5-9-20(28)19(17)12-39-25(14)18)34-13-32(15(2)27(29,30)31)26(37)23-24(38-16(3)35)21(36)10-11-33(23)34/h4-11,15,22H,12-13H2,1-3H3/t15-,22?/m1/s1. The second-order valence-electron chi connectivity index (χ2n) is 9.36. The highest BCUT2D eigenvalue weighted by atomic mass is 32.2. The predicted octanol–water partition coefficient (Wildman–Crippen LogP) is 4.92. The van der Waals surface area contributed by atoms with E-state index < -0.39 is 59.5 Å². The highest BCUT2D eigenvalue weighted by Gasteiger charge is 2.48. The SMILES string of the molecule is CC(=O)Oc1c2n(ccc1=O)N(C1c3cccc(F)c3CSc3c(C)cccc31)CN([C@H](C)C(F)(F)F)C2=O. The van der Waals surface area contributed by atoms with Crippen LogP contribution in [0.15, 0.2) is 58.4 Å². The van der Waals surface area contributed by atoms with Gasteiger partial charge in [-0.15, -0.1) is 11.8 Å². The number of hydrogen-bond donors (Lipinski definition) is 0. The van der Waals surface area contributed by atoms with Gasteiger partial charge in [-0.3, -0.25) is 24.1 Å². The molecule has 0 fully saturated rings. The molecular weight excluding hydrogens is 538 g/mol. The van der Waals surface area contributed by atoms with Crippen molar-refractivity contribution >= 4 is 23.6 Å². The fourth-order valence-corrected chi connectivity index (χ4v) is 6.21. The summed E-state index contributed by atoms with van der Waals surface area (Å²) in [5, 5.41) is 1.47. The minimum Gasteiger partial charge on any atom is -0.420 e. The van der Waals surface area contributed by atoms with Crippen LogP contribution in [0.5, 0.6) is 5.75 Å². The number of carbonyl (C=O) groups is 2. The summed E-state index contributed by atoms with van der Waals surface area (Å²) in [4.78, 5) is 39.5. The summed E-state index contributed by atoms with van der Waals surface area (Å²) in [5.74, 6) is -2.91. The number of carbonyl (C=O) groups excluding carboxylic acids is 2. The normalized spacial score (nSPS) is 17.6. The summed E-state index contributed by atoms with van der Waals surface area (Å²) in [6.07, 6.45) is -3.54. The molecule has 1 unspecified atom stereocenters. The van der Waals surface area contributed by atoms with Gasteiger partial charge < -0.3 is 9.64 Å². The summed E-state index contributed by atoms with van der Waals surface area (Å²) in [5.41, 5.74) is 1.09. The van der Waals surface area contributed by atoms with Gasteiger partial charge in [-0.1, -0.05) is 30.3 Å². The summed E-state index contributed by atoms with van der Waals surface area (Å²) < 4.78 is 63.4. The molecule has 1 aromatic heterocycles. The molecule has 0 aliphatic carbocycles. The number of pyridine rings is 1. The van der Waals surface area contributed by atoms with Gasteiger partial charge in [-0.05, 0) is 36.6 Å². The van der Waals surface area contributed by atoms with Gasteiger partial charge in [0.05, 0.1) is 6.04 Å². The van der Waals surface area contributed by atoms with Crippen LogP contribution in [-0.4, -0.2) is 40.3 Å². The Bertz CT molecular complexity index is 1500. The molecular formula is C27H23F4N3O4S. The molecule has 3 heterocycles. The van der Waals surface area contributed by atoms with Crippen LogP contribution < -0.4 is 15.2 Å². The number of nitrogens with zero attached hydrogens (tertiary/aromatic N) is 3. The quantitative estimate of drug-likeness (QED) is 0.334. The molecule has 0 bridgehead atoms. The minimum atomic E-state index is -4.79. The molecule has 2 atom stereocenters. The molecule has 1 amide bonds. The van der Waals surface area contributed by atoms with Crippen LogP contribution in [0.25, 0.3) is 0 Å². The molecule has 0 saturated heterocycles. The van der Waals surface area contributed by atoms with Crippen molar-refractivity contribution in [2.75, 3.05) is 11.7 Å². The molecule has 39 heavy (non-hydrogen) atoms. The number of rotatable bonds is 3. The third-order valence-electron chi connectivity index (χ3n) is 6.91. The average molecular weight is 562 g/mol. The first-order valence-electron chi connectivity index (χ1n) is 12.0. The number of aryl methyl sites for hydroxylation is 1. The third-order valence-corrected chi connectivity index (χ3v) is 8.18. The summed E-state index contributed by atoms with van der Waals surface area (Å²) in [7, 11) is 0. The van der Waals surface area contributed by atoms with Crippen LogP contribution in [0.3, 0.4) is 0 Å². The lowest BCUT2D eigenvalue weighted by atomic mass is 9.93. The van der Waals surface area contributed by atoms with E-state index in [1.807, 2.05) is 19.1 Å². The molecule has 2 aliphatic heterocycles. The highest BCUT2D eigenvalue weighted by molar-refractivity contribution is 7.98. The molecule has 204 valence electrons. The van der Waals surface area contributed by atoms with Gasteiger partial charge in [0.15, 0.2) is 5.69 Å². The number of thioether (sulfide) groups is 1. The summed E-state index contributed by atoms with van der Waals surface area (Å²) in [6, 6.07) is 8.00. The number of hydrogen-bond acceptors (Lipinski definition) is 6. The Morgan fingerprint density at radius 2 is 1.79 bits per heavy atom.